The van der Waals surface area contributed by atoms with Crippen molar-refractivity contribution < 1.29 is 0 Å². The topological polar surface area (TPSA) is 35.9 Å². The summed E-state index contributed by atoms with van der Waals surface area (Å²) in [6.07, 6.45) is 5.87. The van der Waals surface area contributed by atoms with Crippen LogP contribution in [-0.4, -0.2) is 12.9 Å². The Morgan fingerprint density at radius 1 is 2.00 bits per heavy atom. The van der Waals surface area contributed by atoms with Crippen LogP contribution in [0.15, 0.2) is 0 Å². The Kier molecular flexibility index (Phi) is 3.38. The van der Waals surface area contributed by atoms with Crippen LogP contribution < -0.4 is 5.32 Å². The number of hydrogen-bond acceptors (Lipinski definition) is 1. The Balaban J connectivity index is 2.72. The van der Waals surface area contributed by atoms with Crippen LogP contribution in [0.5, 0.6) is 0 Å². The van der Waals surface area contributed by atoms with Gasteiger partial charge in [-0.2, -0.15) is 0 Å². The standard InChI is InChI=1S/C4H6N2/c1-2-3-6-4-5/h1,4H,3H2,(H2,5,6). The SMILES string of the molecule is C#CCNC=N. The van der Waals surface area contributed by atoms with E-state index in [2.05, 4.69) is 11.2 Å². The van der Waals surface area contributed by atoms with E-state index in [4.69, 9.17) is 11.8 Å². The van der Waals surface area contributed by atoms with Crippen LogP contribution in [0.2, 0.25) is 0 Å². The van der Waals surface area contributed by atoms with Gasteiger partial charge in [-0.3, -0.25) is 5.41 Å². The van der Waals surface area contributed by atoms with Gasteiger partial charge in [-0.15, -0.1) is 6.42 Å². The van der Waals surface area contributed by atoms with Gasteiger partial charge in [-0.05, 0) is 0 Å². The highest BCUT2D eigenvalue weighted by Gasteiger charge is 1.60. The van der Waals surface area contributed by atoms with Gasteiger partial charge in [0.1, 0.15) is 0 Å². The maximum absolute atomic E-state index is 6.37. The van der Waals surface area contributed by atoms with E-state index in [9.17, 15) is 0 Å². The molecule has 0 aromatic heterocycles. The van der Waals surface area contributed by atoms with Gasteiger partial charge >= 0.3 is 0 Å². The molecule has 0 saturated carbocycles. The van der Waals surface area contributed by atoms with E-state index in [0.717, 1.165) is 6.34 Å². The monoisotopic (exact) mass is 82.1 g/mol. The average molecular weight is 82.1 g/mol. The molecular weight excluding hydrogens is 76.1 g/mol. The molecule has 32 valence electrons. The molecule has 0 unspecified atom stereocenters. The maximum Gasteiger partial charge on any atom is 0.0798 e. The van der Waals surface area contributed by atoms with E-state index >= 15 is 0 Å². The van der Waals surface area contributed by atoms with E-state index < -0.39 is 0 Å². The molecule has 0 saturated heterocycles. The zero-order chi connectivity index (χ0) is 4.83. The van der Waals surface area contributed by atoms with E-state index in [1.807, 2.05) is 0 Å². The minimum atomic E-state index is 0.448. The summed E-state index contributed by atoms with van der Waals surface area (Å²) in [5.74, 6) is 2.31. The van der Waals surface area contributed by atoms with Crippen LogP contribution in [0.4, 0.5) is 0 Å². The van der Waals surface area contributed by atoms with Crippen molar-refractivity contribution in [3.05, 3.63) is 0 Å². The molecular formula is C4H6N2. The molecule has 0 bridgehead atoms. The highest BCUT2D eigenvalue weighted by molar-refractivity contribution is 5.50. The lowest BCUT2D eigenvalue weighted by Gasteiger charge is -1.81. The second kappa shape index (κ2) is 4.03. The van der Waals surface area contributed by atoms with E-state index in [-0.39, 0.29) is 0 Å². The summed E-state index contributed by atoms with van der Waals surface area (Å²) in [4.78, 5) is 0. The Labute approximate surface area is 37.1 Å². The van der Waals surface area contributed by atoms with Crippen molar-refractivity contribution in [2.75, 3.05) is 6.54 Å². The van der Waals surface area contributed by atoms with Crippen molar-refractivity contribution in [1.29, 1.82) is 5.41 Å². The Bertz CT molecular complexity index is 70.1. The predicted molar refractivity (Wildman–Crippen MR) is 25.6 cm³/mol. The highest BCUT2D eigenvalue weighted by atomic mass is 14.9. The van der Waals surface area contributed by atoms with Crippen LogP contribution in [0, 0.1) is 17.8 Å². The molecule has 6 heavy (non-hydrogen) atoms. The fraction of sp³-hybridized carbons (Fsp3) is 0.250. The van der Waals surface area contributed by atoms with E-state index in [1.54, 1.807) is 0 Å². The second-order valence-electron chi connectivity index (χ2n) is 0.729. The number of nitrogens with one attached hydrogen (secondary N) is 2. The predicted octanol–water partition coefficient (Wildman–Crippen LogP) is -0.184. The molecule has 2 heteroatoms. The van der Waals surface area contributed by atoms with Gasteiger partial charge in [-0.1, -0.05) is 5.92 Å². The fourth-order valence-corrected chi connectivity index (χ4v) is 0.110. The molecule has 0 aliphatic carbocycles. The molecule has 0 aliphatic rings. The molecule has 0 amide bonds. The lowest BCUT2D eigenvalue weighted by Crippen LogP contribution is -2.08. The molecule has 0 aromatic rings. The number of rotatable bonds is 2. The maximum atomic E-state index is 6.37. The summed E-state index contributed by atoms with van der Waals surface area (Å²) >= 11 is 0. The van der Waals surface area contributed by atoms with Gasteiger partial charge in [0.15, 0.2) is 0 Å². The number of hydrogen-bond donors (Lipinski definition) is 2. The molecule has 0 atom stereocenters. The van der Waals surface area contributed by atoms with Gasteiger partial charge in [0.2, 0.25) is 0 Å². The lowest BCUT2D eigenvalue weighted by atomic mass is 10.7. The van der Waals surface area contributed by atoms with E-state index in [1.165, 1.54) is 0 Å². The first kappa shape index (κ1) is 5.03. The molecule has 0 fully saturated rings. The molecule has 2 N–H and O–H groups in total. The van der Waals surface area contributed by atoms with Crippen LogP contribution in [-0.2, 0) is 0 Å². The molecule has 0 heterocycles. The fourth-order valence-electron chi connectivity index (χ4n) is 0.110. The van der Waals surface area contributed by atoms with Crippen LogP contribution in [0.3, 0.4) is 0 Å². The minimum Gasteiger partial charge on any atom is -0.366 e. The highest BCUT2D eigenvalue weighted by Crippen LogP contribution is 1.40. The summed E-state index contributed by atoms with van der Waals surface area (Å²) in [6, 6.07) is 0. The summed E-state index contributed by atoms with van der Waals surface area (Å²) in [5, 5.41) is 8.88. The third kappa shape index (κ3) is 3.03. The molecule has 2 nitrogen and oxygen atoms in total. The first-order valence-corrected chi connectivity index (χ1v) is 1.57. The van der Waals surface area contributed by atoms with Gasteiger partial charge in [0.05, 0.1) is 12.9 Å². The third-order valence-corrected chi connectivity index (χ3v) is 0.306. The largest absolute Gasteiger partial charge is 0.366 e. The van der Waals surface area contributed by atoms with Gasteiger partial charge in [0.25, 0.3) is 0 Å². The lowest BCUT2D eigenvalue weighted by molar-refractivity contribution is 1.09. The smallest absolute Gasteiger partial charge is 0.0798 e. The van der Waals surface area contributed by atoms with Crippen LogP contribution in [0.25, 0.3) is 0 Å². The molecule has 0 aliphatic heterocycles. The third-order valence-electron chi connectivity index (χ3n) is 0.306. The zero-order valence-electron chi connectivity index (χ0n) is 3.36. The molecule has 0 aromatic carbocycles. The van der Waals surface area contributed by atoms with Crippen molar-refractivity contribution in [3.63, 3.8) is 0 Å². The minimum absolute atomic E-state index is 0.448. The average Bonchev–Trinajstić information content (AvgIpc) is 1.61. The van der Waals surface area contributed by atoms with E-state index in [0.29, 0.717) is 6.54 Å². The Morgan fingerprint density at radius 2 is 2.67 bits per heavy atom. The Hall–Kier alpha value is -0.970. The normalized spacial score (nSPS) is 5.83. The summed E-state index contributed by atoms with van der Waals surface area (Å²) in [6.45, 7) is 0.448. The van der Waals surface area contributed by atoms with Gasteiger partial charge in [0, 0.05) is 0 Å². The summed E-state index contributed by atoms with van der Waals surface area (Å²) in [5.41, 5.74) is 0. The zero-order valence-corrected chi connectivity index (χ0v) is 3.36. The van der Waals surface area contributed by atoms with Crippen molar-refractivity contribution in [2.24, 2.45) is 0 Å². The second-order valence-corrected chi connectivity index (χ2v) is 0.729. The summed E-state index contributed by atoms with van der Waals surface area (Å²) < 4.78 is 0. The Morgan fingerprint density at radius 3 is 2.83 bits per heavy atom. The number of terminal acetylenes is 1. The molecule has 0 spiro atoms. The summed E-state index contributed by atoms with van der Waals surface area (Å²) in [7, 11) is 0. The van der Waals surface area contributed by atoms with Crippen molar-refractivity contribution in [3.8, 4) is 12.3 Å². The first-order valence-electron chi connectivity index (χ1n) is 1.57. The van der Waals surface area contributed by atoms with Crippen LogP contribution >= 0.6 is 0 Å². The van der Waals surface area contributed by atoms with Crippen molar-refractivity contribution in [1.82, 2.24) is 5.32 Å². The quantitative estimate of drug-likeness (QED) is 0.206. The van der Waals surface area contributed by atoms with Gasteiger partial charge < -0.3 is 5.32 Å². The van der Waals surface area contributed by atoms with Crippen LogP contribution in [0.1, 0.15) is 0 Å². The molecule has 0 radical (unpaired) electrons. The molecule has 0 rings (SSSR count). The first-order chi connectivity index (χ1) is 2.91. The van der Waals surface area contributed by atoms with Crippen molar-refractivity contribution >= 4 is 6.34 Å². The van der Waals surface area contributed by atoms with Gasteiger partial charge in [-0.25, -0.2) is 0 Å². The van der Waals surface area contributed by atoms with Crippen molar-refractivity contribution in [2.45, 2.75) is 0 Å².